The fourth-order valence-electron chi connectivity index (χ4n) is 2.96. The number of nitrogens with one attached hydrogen (secondary N) is 1. The Morgan fingerprint density at radius 1 is 1.10 bits per heavy atom. The number of carbonyl (C=O) groups excluding carboxylic acids is 3. The molecule has 31 heavy (non-hydrogen) atoms. The highest BCUT2D eigenvalue weighted by atomic mass is 16.5. The summed E-state index contributed by atoms with van der Waals surface area (Å²) in [5.74, 6) is -1.14. The first-order valence-corrected chi connectivity index (χ1v) is 9.67. The van der Waals surface area contributed by atoms with Gasteiger partial charge in [-0.1, -0.05) is 12.1 Å². The highest BCUT2D eigenvalue weighted by Crippen LogP contribution is 2.19. The van der Waals surface area contributed by atoms with Crippen molar-refractivity contribution in [2.45, 2.75) is 20.3 Å². The number of carbonyl (C=O) groups is 3. The van der Waals surface area contributed by atoms with Gasteiger partial charge in [-0.3, -0.25) is 14.4 Å². The highest BCUT2D eigenvalue weighted by molar-refractivity contribution is 5.97. The summed E-state index contributed by atoms with van der Waals surface area (Å²) >= 11 is 0. The predicted molar refractivity (Wildman–Crippen MR) is 115 cm³/mol. The number of hydrogen-bond acceptors (Lipinski definition) is 6. The van der Waals surface area contributed by atoms with Crippen LogP contribution in [-0.2, 0) is 14.3 Å². The first-order chi connectivity index (χ1) is 14.8. The Morgan fingerprint density at radius 2 is 1.81 bits per heavy atom. The standard InChI is InChI=1S/C23H25N3O5/c1-16-10-17(2)12-19(11-16)26(9-5-8-24)21(27)15-31-22(28)14-25-23(29)18-6-4-7-20(13-18)30-3/h4,6-7,10-13H,5,9,14-15H2,1-3H3,(H,25,29). The van der Waals surface area contributed by atoms with Gasteiger partial charge in [0.15, 0.2) is 6.61 Å². The van der Waals surface area contributed by atoms with E-state index in [1.54, 1.807) is 24.3 Å². The van der Waals surface area contributed by atoms with E-state index in [0.29, 0.717) is 17.0 Å². The number of anilines is 1. The number of hydrogen-bond donors (Lipinski definition) is 1. The van der Waals surface area contributed by atoms with Crippen molar-refractivity contribution in [2.75, 3.05) is 31.7 Å². The lowest BCUT2D eigenvalue weighted by Gasteiger charge is -2.22. The number of benzene rings is 2. The summed E-state index contributed by atoms with van der Waals surface area (Å²) in [6.45, 7) is 3.13. The number of esters is 1. The van der Waals surface area contributed by atoms with Crippen LogP contribution in [0.4, 0.5) is 5.69 Å². The summed E-state index contributed by atoms with van der Waals surface area (Å²) < 4.78 is 10.1. The van der Waals surface area contributed by atoms with Gasteiger partial charge in [0.05, 0.1) is 19.6 Å². The largest absolute Gasteiger partial charge is 0.497 e. The molecular formula is C23H25N3O5. The van der Waals surface area contributed by atoms with Gasteiger partial charge >= 0.3 is 5.97 Å². The average molecular weight is 423 g/mol. The fraction of sp³-hybridized carbons (Fsp3) is 0.304. The molecule has 8 heteroatoms. The number of methoxy groups -OCH3 is 1. The molecule has 0 saturated carbocycles. The minimum absolute atomic E-state index is 0.142. The number of nitriles is 1. The lowest BCUT2D eigenvalue weighted by atomic mass is 10.1. The molecule has 0 aliphatic carbocycles. The van der Waals surface area contributed by atoms with Crippen LogP contribution in [0.25, 0.3) is 0 Å². The molecule has 0 saturated heterocycles. The lowest BCUT2D eigenvalue weighted by Crippen LogP contribution is -2.37. The third-order valence-electron chi connectivity index (χ3n) is 4.35. The Kier molecular flexibility index (Phi) is 8.58. The molecule has 0 aliphatic rings. The first kappa shape index (κ1) is 23.4. The molecule has 0 radical (unpaired) electrons. The molecule has 0 aliphatic heterocycles. The molecule has 0 heterocycles. The van der Waals surface area contributed by atoms with Crippen LogP contribution in [-0.4, -0.2) is 44.6 Å². The minimum Gasteiger partial charge on any atom is -0.497 e. The van der Waals surface area contributed by atoms with Crippen LogP contribution in [0.15, 0.2) is 42.5 Å². The Balaban J connectivity index is 1.93. The minimum atomic E-state index is -0.745. The first-order valence-electron chi connectivity index (χ1n) is 9.67. The van der Waals surface area contributed by atoms with Gasteiger partial charge in [-0.15, -0.1) is 0 Å². The maximum absolute atomic E-state index is 12.6. The number of aryl methyl sites for hydroxylation is 2. The van der Waals surface area contributed by atoms with Gasteiger partial charge in [0.25, 0.3) is 11.8 Å². The maximum Gasteiger partial charge on any atom is 0.325 e. The Bertz CT molecular complexity index is 977. The van der Waals surface area contributed by atoms with E-state index in [1.807, 2.05) is 38.1 Å². The van der Waals surface area contributed by atoms with E-state index in [-0.39, 0.29) is 19.5 Å². The van der Waals surface area contributed by atoms with Gasteiger partial charge in [-0.05, 0) is 55.3 Å². The zero-order valence-corrected chi connectivity index (χ0v) is 17.8. The summed E-state index contributed by atoms with van der Waals surface area (Å²) in [6, 6.07) is 14.1. The van der Waals surface area contributed by atoms with E-state index in [2.05, 4.69) is 5.32 Å². The maximum atomic E-state index is 12.6. The average Bonchev–Trinajstić information content (AvgIpc) is 2.75. The summed E-state index contributed by atoms with van der Waals surface area (Å²) in [6.07, 6.45) is 0.142. The number of nitrogens with zero attached hydrogens (tertiary/aromatic N) is 2. The van der Waals surface area contributed by atoms with Crippen molar-refractivity contribution in [3.63, 3.8) is 0 Å². The van der Waals surface area contributed by atoms with Crippen LogP contribution in [0.2, 0.25) is 0 Å². The molecule has 2 rings (SSSR count). The van der Waals surface area contributed by atoms with Gasteiger partial charge in [-0.2, -0.15) is 5.26 Å². The van der Waals surface area contributed by atoms with Crippen molar-refractivity contribution in [3.05, 3.63) is 59.2 Å². The van der Waals surface area contributed by atoms with Gasteiger partial charge in [-0.25, -0.2) is 0 Å². The SMILES string of the molecule is COc1cccc(C(=O)NCC(=O)OCC(=O)N(CCC#N)c2cc(C)cc(C)c2)c1. The Labute approximate surface area is 181 Å². The van der Waals surface area contributed by atoms with E-state index in [1.165, 1.54) is 12.0 Å². The summed E-state index contributed by atoms with van der Waals surface area (Å²) in [5.41, 5.74) is 2.92. The molecule has 2 aromatic carbocycles. The summed E-state index contributed by atoms with van der Waals surface area (Å²) in [5, 5.41) is 11.3. The van der Waals surface area contributed by atoms with Crippen LogP contribution in [0.3, 0.4) is 0 Å². The van der Waals surface area contributed by atoms with Crippen LogP contribution in [0.5, 0.6) is 5.75 Å². The zero-order valence-electron chi connectivity index (χ0n) is 17.8. The number of amides is 2. The van der Waals surface area contributed by atoms with Gasteiger partial charge < -0.3 is 19.7 Å². The van der Waals surface area contributed by atoms with Crippen molar-refractivity contribution < 1.29 is 23.9 Å². The molecule has 2 aromatic rings. The smallest absolute Gasteiger partial charge is 0.325 e. The highest BCUT2D eigenvalue weighted by Gasteiger charge is 2.18. The molecule has 8 nitrogen and oxygen atoms in total. The second kappa shape index (κ2) is 11.4. The fourth-order valence-corrected chi connectivity index (χ4v) is 2.96. The molecule has 0 unspecified atom stereocenters. The van der Waals surface area contributed by atoms with Crippen LogP contribution >= 0.6 is 0 Å². The van der Waals surface area contributed by atoms with E-state index in [0.717, 1.165) is 11.1 Å². The normalized spacial score (nSPS) is 10.0. The van der Waals surface area contributed by atoms with Crippen molar-refractivity contribution in [3.8, 4) is 11.8 Å². The monoisotopic (exact) mass is 423 g/mol. The predicted octanol–water partition coefficient (Wildman–Crippen LogP) is 2.53. The van der Waals surface area contributed by atoms with Crippen molar-refractivity contribution >= 4 is 23.5 Å². The summed E-state index contributed by atoms with van der Waals surface area (Å²) in [4.78, 5) is 38.2. The molecule has 162 valence electrons. The van der Waals surface area contributed by atoms with E-state index < -0.39 is 24.4 Å². The van der Waals surface area contributed by atoms with Gasteiger partial charge in [0.2, 0.25) is 0 Å². The third kappa shape index (κ3) is 7.16. The van der Waals surface area contributed by atoms with Gasteiger partial charge in [0, 0.05) is 17.8 Å². The summed E-state index contributed by atoms with van der Waals surface area (Å²) in [7, 11) is 1.49. The van der Waals surface area contributed by atoms with E-state index >= 15 is 0 Å². The second-order valence-electron chi connectivity index (χ2n) is 6.87. The quantitative estimate of drug-likeness (QED) is 0.621. The molecule has 0 aromatic heterocycles. The van der Waals surface area contributed by atoms with E-state index in [4.69, 9.17) is 14.7 Å². The number of rotatable bonds is 9. The molecular weight excluding hydrogens is 398 g/mol. The molecule has 0 atom stereocenters. The van der Waals surface area contributed by atoms with Crippen LogP contribution < -0.4 is 15.0 Å². The molecule has 0 bridgehead atoms. The number of ether oxygens (including phenoxy) is 2. The molecule has 1 N–H and O–H groups in total. The van der Waals surface area contributed by atoms with Crippen molar-refractivity contribution in [1.82, 2.24) is 5.32 Å². The van der Waals surface area contributed by atoms with Crippen molar-refractivity contribution in [2.24, 2.45) is 0 Å². The lowest BCUT2D eigenvalue weighted by molar-refractivity contribution is -0.146. The van der Waals surface area contributed by atoms with E-state index in [9.17, 15) is 14.4 Å². The molecule has 0 fully saturated rings. The van der Waals surface area contributed by atoms with Crippen LogP contribution in [0, 0.1) is 25.2 Å². The van der Waals surface area contributed by atoms with Crippen molar-refractivity contribution in [1.29, 1.82) is 5.26 Å². The Morgan fingerprint density at radius 3 is 2.45 bits per heavy atom. The van der Waals surface area contributed by atoms with Gasteiger partial charge in [0.1, 0.15) is 12.3 Å². The molecule has 2 amide bonds. The topological polar surface area (TPSA) is 109 Å². The van der Waals surface area contributed by atoms with Crippen LogP contribution in [0.1, 0.15) is 27.9 Å². The zero-order chi connectivity index (χ0) is 22.8. The molecule has 0 spiro atoms. The second-order valence-corrected chi connectivity index (χ2v) is 6.87. The third-order valence-corrected chi connectivity index (χ3v) is 4.35. The Hall–Kier alpha value is -3.86.